The molecule has 2 heterocycles. The zero-order valence-electron chi connectivity index (χ0n) is 17.9. The molecule has 2 amide bonds. The standard InChI is InChI=1S/C23H25N3O4S2/c1-14-15(2)31-23(20(14)21(24)27)25-22(28)17-9-11-26(12-10-17)32(29,30)19-8-7-16-5-3-4-6-18(16)13-19/h3-8,13,17H,9-12H2,1-2H3,(H2,24,27)(H,25,28). The third kappa shape index (κ3) is 4.15. The largest absolute Gasteiger partial charge is 0.365 e. The zero-order chi connectivity index (χ0) is 23.0. The minimum absolute atomic E-state index is 0.212. The second-order valence-corrected chi connectivity index (χ2v) is 11.2. The van der Waals surface area contributed by atoms with Crippen molar-refractivity contribution in [2.45, 2.75) is 31.6 Å². The van der Waals surface area contributed by atoms with Gasteiger partial charge in [0, 0.05) is 23.9 Å². The van der Waals surface area contributed by atoms with Crippen molar-refractivity contribution in [2.24, 2.45) is 11.7 Å². The quantitative estimate of drug-likeness (QED) is 0.592. The number of carbonyl (C=O) groups excluding carboxylic acids is 2. The van der Waals surface area contributed by atoms with E-state index in [1.807, 2.05) is 37.3 Å². The van der Waals surface area contributed by atoms with Crippen LogP contribution in [0, 0.1) is 19.8 Å². The zero-order valence-corrected chi connectivity index (χ0v) is 19.6. The number of sulfonamides is 1. The Bertz CT molecular complexity index is 1310. The molecule has 3 aromatic rings. The lowest BCUT2D eigenvalue weighted by molar-refractivity contribution is -0.120. The van der Waals surface area contributed by atoms with Crippen LogP contribution in [-0.4, -0.2) is 37.6 Å². The number of nitrogens with zero attached hydrogens (tertiary/aromatic N) is 1. The smallest absolute Gasteiger partial charge is 0.251 e. The SMILES string of the molecule is Cc1sc(NC(=O)C2CCN(S(=O)(=O)c3ccc4ccccc4c3)CC2)c(C(N)=O)c1C. The predicted molar refractivity (Wildman–Crippen MR) is 126 cm³/mol. The summed E-state index contributed by atoms with van der Waals surface area (Å²) in [5.41, 5.74) is 6.60. The topological polar surface area (TPSA) is 110 Å². The lowest BCUT2D eigenvalue weighted by Crippen LogP contribution is -2.41. The van der Waals surface area contributed by atoms with E-state index in [2.05, 4.69) is 5.32 Å². The molecule has 168 valence electrons. The molecule has 0 unspecified atom stereocenters. The molecule has 1 aliphatic rings. The molecule has 1 aromatic heterocycles. The van der Waals surface area contributed by atoms with Crippen molar-refractivity contribution < 1.29 is 18.0 Å². The molecule has 1 aliphatic heterocycles. The van der Waals surface area contributed by atoms with Gasteiger partial charge in [0.25, 0.3) is 5.91 Å². The van der Waals surface area contributed by atoms with Gasteiger partial charge in [0.15, 0.2) is 0 Å². The molecular weight excluding hydrogens is 446 g/mol. The summed E-state index contributed by atoms with van der Waals surface area (Å²) in [6.45, 7) is 4.20. The molecule has 0 aliphatic carbocycles. The molecule has 0 radical (unpaired) electrons. The minimum atomic E-state index is -3.64. The second kappa shape index (κ2) is 8.65. The maximum absolute atomic E-state index is 13.1. The summed E-state index contributed by atoms with van der Waals surface area (Å²) in [6, 6.07) is 12.7. The van der Waals surface area contributed by atoms with Gasteiger partial charge in [0.1, 0.15) is 5.00 Å². The molecule has 9 heteroatoms. The third-order valence-electron chi connectivity index (χ3n) is 6.05. The molecule has 0 saturated carbocycles. The van der Waals surface area contributed by atoms with Gasteiger partial charge < -0.3 is 11.1 Å². The molecule has 0 spiro atoms. The molecular formula is C23H25N3O4S2. The molecule has 1 saturated heterocycles. The maximum atomic E-state index is 13.1. The van der Waals surface area contributed by atoms with Crippen LogP contribution in [0.3, 0.4) is 0 Å². The number of aryl methyl sites for hydroxylation is 1. The first-order valence-electron chi connectivity index (χ1n) is 10.4. The molecule has 7 nitrogen and oxygen atoms in total. The Morgan fingerprint density at radius 2 is 1.72 bits per heavy atom. The van der Waals surface area contributed by atoms with Crippen LogP contribution in [-0.2, 0) is 14.8 Å². The Morgan fingerprint density at radius 1 is 1.06 bits per heavy atom. The molecule has 0 atom stereocenters. The first-order valence-corrected chi connectivity index (χ1v) is 12.6. The summed E-state index contributed by atoms with van der Waals surface area (Å²) >= 11 is 1.33. The predicted octanol–water partition coefficient (Wildman–Crippen LogP) is 3.66. The summed E-state index contributed by atoms with van der Waals surface area (Å²) in [5.74, 6) is -1.11. The summed E-state index contributed by atoms with van der Waals surface area (Å²) in [6.07, 6.45) is 0.821. The number of thiophene rings is 1. The van der Waals surface area contributed by atoms with Crippen molar-refractivity contribution in [1.29, 1.82) is 0 Å². The van der Waals surface area contributed by atoms with E-state index < -0.39 is 15.9 Å². The summed E-state index contributed by atoms with van der Waals surface area (Å²) in [7, 11) is -3.64. The van der Waals surface area contributed by atoms with Crippen LogP contribution >= 0.6 is 11.3 Å². The average Bonchev–Trinajstić information content (AvgIpc) is 3.06. The Hall–Kier alpha value is -2.75. The van der Waals surface area contributed by atoms with E-state index >= 15 is 0 Å². The fraction of sp³-hybridized carbons (Fsp3) is 0.304. The van der Waals surface area contributed by atoms with Gasteiger partial charge in [-0.25, -0.2) is 8.42 Å². The monoisotopic (exact) mass is 471 g/mol. The first kappa shape index (κ1) is 22.4. The van der Waals surface area contributed by atoms with Crippen molar-refractivity contribution in [2.75, 3.05) is 18.4 Å². The Labute approximate surface area is 191 Å². The minimum Gasteiger partial charge on any atom is -0.365 e. The van der Waals surface area contributed by atoms with Crippen molar-refractivity contribution in [1.82, 2.24) is 4.31 Å². The van der Waals surface area contributed by atoms with E-state index in [-0.39, 0.29) is 29.8 Å². The van der Waals surface area contributed by atoms with Gasteiger partial charge in [-0.15, -0.1) is 11.3 Å². The van der Waals surface area contributed by atoms with Crippen LogP contribution in [0.25, 0.3) is 10.8 Å². The number of anilines is 1. The number of hydrogen-bond donors (Lipinski definition) is 2. The van der Waals surface area contributed by atoms with Gasteiger partial charge in [-0.1, -0.05) is 30.3 Å². The Kier molecular flexibility index (Phi) is 6.07. The Morgan fingerprint density at radius 3 is 2.38 bits per heavy atom. The van der Waals surface area contributed by atoms with E-state index in [0.717, 1.165) is 21.2 Å². The van der Waals surface area contributed by atoms with Crippen LogP contribution in [0.5, 0.6) is 0 Å². The van der Waals surface area contributed by atoms with Crippen molar-refractivity contribution in [3.8, 4) is 0 Å². The van der Waals surface area contributed by atoms with Crippen LogP contribution in [0.4, 0.5) is 5.00 Å². The highest BCUT2D eigenvalue weighted by atomic mass is 32.2. The average molecular weight is 472 g/mol. The second-order valence-electron chi connectivity index (χ2n) is 8.03. The molecule has 0 bridgehead atoms. The van der Waals surface area contributed by atoms with E-state index in [1.165, 1.54) is 15.6 Å². The van der Waals surface area contributed by atoms with Crippen molar-refractivity contribution >= 4 is 48.9 Å². The summed E-state index contributed by atoms with van der Waals surface area (Å²) in [5, 5.41) is 5.15. The number of nitrogens with two attached hydrogens (primary N) is 1. The summed E-state index contributed by atoms with van der Waals surface area (Å²) < 4.78 is 27.7. The number of nitrogens with one attached hydrogen (secondary N) is 1. The number of fused-ring (bicyclic) bond motifs is 1. The van der Waals surface area contributed by atoms with Crippen LogP contribution in [0.15, 0.2) is 47.4 Å². The molecule has 3 N–H and O–H groups in total. The van der Waals surface area contributed by atoms with Gasteiger partial charge in [0.05, 0.1) is 10.5 Å². The van der Waals surface area contributed by atoms with Crippen molar-refractivity contribution in [3.63, 3.8) is 0 Å². The fourth-order valence-electron chi connectivity index (χ4n) is 4.06. The highest BCUT2D eigenvalue weighted by Gasteiger charge is 2.33. The van der Waals surface area contributed by atoms with Crippen LogP contribution < -0.4 is 11.1 Å². The molecule has 4 rings (SSSR count). The number of carbonyl (C=O) groups is 2. The summed E-state index contributed by atoms with van der Waals surface area (Å²) in [4.78, 5) is 25.8. The van der Waals surface area contributed by atoms with Crippen molar-refractivity contribution in [3.05, 3.63) is 58.5 Å². The lowest BCUT2D eigenvalue weighted by Gasteiger charge is -2.30. The van der Waals surface area contributed by atoms with E-state index in [4.69, 9.17) is 5.73 Å². The van der Waals surface area contributed by atoms with Crippen LogP contribution in [0.2, 0.25) is 0 Å². The lowest BCUT2D eigenvalue weighted by atomic mass is 9.97. The van der Waals surface area contributed by atoms with Gasteiger partial charge in [0.2, 0.25) is 15.9 Å². The molecule has 2 aromatic carbocycles. The normalized spacial score (nSPS) is 15.7. The highest BCUT2D eigenvalue weighted by Crippen LogP contribution is 2.33. The van der Waals surface area contributed by atoms with Crippen LogP contribution in [0.1, 0.15) is 33.6 Å². The number of primary amides is 1. The maximum Gasteiger partial charge on any atom is 0.251 e. The fourth-order valence-corrected chi connectivity index (χ4v) is 6.64. The van der Waals surface area contributed by atoms with Gasteiger partial charge >= 0.3 is 0 Å². The van der Waals surface area contributed by atoms with Gasteiger partial charge in [-0.2, -0.15) is 4.31 Å². The van der Waals surface area contributed by atoms with Gasteiger partial charge in [-0.3, -0.25) is 9.59 Å². The first-order chi connectivity index (χ1) is 15.2. The van der Waals surface area contributed by atoms with Gasteiger partial charge in [-0.05, 0) is 55.2 Å². The number of amides is 2. The number of benzene rings is 2. The van der Waals surface area contributed by atoms with E-state index in [1.54, 1.807) is 19.1 Å². The van der Waals surface area contributed by atoms with E-state index in [9.17, 15) is 18.0 Å². The number of piperidine rings is 1. The van der Waals surface area contributed by atoms with E-state index in [0.29, 0.717) is 23.4 Å². The molecule has 1 fully saturated rings. The number of rotatable bonds is 5. The third-order valence-corrected chi connectivity index (χ3v) is 9.07. The molecule has 32 heavy (non-hydrogen) atoms. The number of hydrogen-bond acceptors (Lipinski definition) is 5. The highest BCUT2D eigenvalue weighted by molar-refractivity contribution is 7.89. The Balaban J connectivity index is 1.45.